The Morgan fingerprint density at radius 1 is 1.30 bits per heavy atom. The van der Waals surface area contributed by atoms with Crippen LogP contribution in [-0.2, 0) is 12.1 Å². The topological polar surface area (TPSA) is 109 Å². The predicted octanol–water partition coefficient (Wildman–Crippen LogP) is 1.53. The monoisotopic (exact) mass is 333 g/mol. The van der Waals surface area contributed by atoms with E-state index in [0.717, 1.165) is 25.0 Å². The lowest BCUT2D eigenvalue weighted by Crippen LogP contribution is -2.44. The standard InChI is InChI=1S/C14H15N7O.ClH/c15-14(5-3-6-14)13-17-12(22-19-13)11-9-21(20-18-11)8-10-4-1-2-7-16-10;/h1-2,4,7,9H,3,5-6,8,15H2;1H. The molecule has 0 aromatic carbocycles. The van der Waals surface area contributed by atoms with E-state index in [4.69, 9.17) is 10.3 Å². The van der Waals surface area contributed by atoms with E-state index in [-0.39, 0.29) is 12.4 Å². The van der Waals surface area contributed by atoms with Crippen molar-refractivity contribution in [2.24, 2.45) is 5.73 Å². The molecule has 0 amide bonds. The van der Waals surface area contributed by atoms with Crippen LogP contribution < -0.4 is 5.73 Å². The summed E-state index contributed by atoms with van der Waals surface area (Å²) in [5, 5.41) is 12.1. The van der Waals surface area contributed by atoms with Gasteiger partial charge in [-0.2, -0.15) is 4.98 Å². The van der Waals surface area contributed by atoms with Crippen molar-refractivity contribution in [3.63, 3.8) is 0 Å². The van der Waals surface area contributed by atoms with E-state index in [1.807, 2.05) is 18.2 Å². The normalized spacial score (nSPS) is 15.7. The van der Waals surface area contributed by atoms with Crippen LogP contribution >= 0.6 is 12.4 Å². The summed E-state index contributed by atoms with van der Waals surface area (Å²) >= 11 is 0. The molecule has 4 rings (SSSR count). The van der Waals surface area contributed by atoms with E-state index < -0.39 is 5.54 Å². The Balaban J connectivity index is 0.00000156. The Hall–Kier alpha value is -2.32. The molecule has 0 atom stereocenters. The lowest BCUT2D eigenvalue weighted by Gasteiger charge is -2.34. The number of hydrogen-bond acceptors (Lipinski definition) is 7. The van der Waals surface area contributed by atoms with Gasteiger partial charge in [0.1, 0.15) is 0 Å². The Kier molecular flexibility index (Phi) is 4.10. The molecule has 3 heterocycles. The molecule has 23 heavy (non-hydrogen) atoms. The average Bonchev–Trinajstić information content (AvgIpc) is 3.15. The third-order valence-corrected chi connectivity index (χ3v) is 3.93. The van der Waals surface area contributed by atoms with Gasteiger partial charge >= 0.3 is 0 Å². The van der Waals surface area contributed by atoms with Gasteiger partial charge in [0.05, 0.1) is 24.0 Å². The van der Waals surface area contributed by atoms with Crippen LogP contribution in [0.1, 0.15) is 30.8 Å². The fraction of sp³-hybridized carbons (Fsp3) is 0.357. The summed E-state index contributed by atoms with van der Waals surface area (Å²) < 4.78 is 6.95. The van der Waals surface area contributed by atoms with Crippen molar-refractivity contribution in [1.29, 1.82) is 0 Å². The van der Waals surface area contributed by atoms with Crippen LogP contribution in [0.4, 0.5) is 0 Å². The number of halogens is 1. The number of nitrogens with zero attached hydrogens (tertiary/aromatic N) is 6. The molecule has 0 unspecified atom stereocenters. The molecule has 0 aliphatic heterocycles. The van der Waals surface area contributed by atoms with Gasteiger partial charge in [-0.3, -0.25) is 4.98 Å². The van der Waals surface area contributed by atoms with E-state index in [9.17, 15) is 0 Å². The first-order valence-electron chi connectivity index (χ1n) is 7.16. The van der Waals surface area contributed by atoms with Gasteiger partial charge in [-0.15, -0.1) is 17.5 Å². The summed E-state index contributed by atoms with van der Waals surface area (Å²) in [4.78, 5) is 8.61. The van der Waals surface area contributed by atoms with Crippen molar-refractivity contribution >= 4 is 12.4 Å². The van der Waals surface area contributed by atoms with Gasteiger partial charge in [0.2, 0.25) is 0 Å². The summed E-state index contributed by atoms with van der Waals surface area (Å²) in [6, 6.07) is 5.74. The maximum Gasteiger partial charge on any atom is 0.280 e. The van der Waals surface area contributed by atoms with Crippen LogP contribution in [0, 0.1) is 0 Å². The molecule has 2 N–H and O–H groups in total. The Morgan fingerprint density at radius 2 is 2.17 bits per heavy atom. The smallest absolute Gasteiger partial charge is 0.280 e. The van der Waals surface area contributed by atoms with Gasteiger partial charge < -0.3 is 10.3 Å². The molecule has 120 valence electrons. The van der Waals surface area contributed by atoms with Gasteiger partial charge in [0.25, 0.3) is 5.89 Å². The zero-order valence-electron chi connectivity index (χ0n) is 12.3. The molecule has 0 saturated heterocycles. The molecule has 8 nitrogen and oxygen atoms in total. The molecule has 9 heteroatoms. The van der Waals surface area contributed by atoms with Crippen LogP contribution in [-0.4, -0.2) is 30.1 Å². The molecule has 0 bridgehead atoms. The van der Waals surface area contributed by atoms with Gasteiger partial charge in [-0.1, -0.05) is 16.4 Å². The highest BCUT2D eigenvalue weighted by Gasteiger charge is 2.39. The van der Waals surface area contributed by atoms with Gasteiger partial charge in [0, 0.05) is 6.20 Å². The molecule has 0 radical (unpaired) electrons. The van der Waals surface area contributed by atoms with Crippen molar-refractivity contribution < 1.29 is 4.52 Å². The van der Waals surface area contributed by atoms with Gasteiger partial charge in [-0.25, -0.2) is 4.68 Å². The lowest BCUT2D eigenvalue weighted by molar-refractivity contribution is 0.229. The molecule has 0 spiro atoms. The second-order valence-corrected chi connectivity index (χ2v) is 5.56. The molecular weight excluding hydrogens is 318 g/mol. The Bertz CT molecular complexity index is 781. The van der Waals surface area contributed by atoms with E-state index in [1.165, 1.54) is 0 Å². The number of hydrogen-bond donors (Lipinski definition) is 1. The van der Waals surface area contributed by atoms with Crippen molar-refractivity contribution in [2.45, 2.75) is 31.3 Å². The highest BCUT2D eigenvalue weighted by Crippen LogP contribution is 2.37. The molecule has 3 aromatic heterocycles. The Labute approximate surface area is 138 Å². The summed E-state index contributed by atoms with van der Waals surface area (Å²) in [6.45, 7) is 0.537. The molecule has 1 saturated carbocycles. The highest BCUT2D eigenvalue weighted by molar-refractivity contribution is 5.85. The minimum atomic E-state index is -0.439. The second kappa shape index (κ2) is 6.05. The second-order valence-electron chi connectivity index (χ2n) is 5.56. The van der Waals surface area contributed by atoms with Crippen molar-refractivity contribution in [2.75, 3.05) is 0 Å². The molecule has 1 aliphatic rings. The average molecular weight is 334 g/mol. The molecule has 3 aromatic rings. The van der Waals surface area contributed by atoms with E-state index in [0.29, 0.717) is 24.0 Å². The third kappa shape index (κ3) is 2.95. The van der Waals surface area contributed by atoms with Crippen molar-refractivity contribution in [1.82, 2.24) is 30.1 Å². The van der Waals surface area contributed by atoms with Crippen LogP contribution in [0.15, 0.2) is 35.1 Å². The first-order chi connectivity index (χ1) is 10.7. The minimum absolute atomic E-state index is 0. The third-order valence-electron chi connectivity index (χ3n) is 3.93. The first-order valence-corrected chi connectivity index (χ1v) is 7.16. The Morgan fingerprint density at radius 3 is 2.87 bits per heavy atom. The van der Waals surface area contributed by atoms with Crippen LogP contribution in [0.25, 0.3) is 11.6 Å². The summed E-state index contributed by atoms with van der Waals surface area (Å²) in [5.74, 6) is 0.895. The van der Waals surface area contributed by atoms with Crippen LogP contribution in [0.2, 0.25) is 0 Å². The van der Waals surface area contributed by atoms with Crippen LogP contribution in [0.3, 0.4) is 0 Å². The van der Waals surface area contributed by atoms with E-state index in [2.05, 4.69) is 25.4 Å². The number of nitrogens with two attached hydrogens (primary N) is 1. The quantitative estimate of drug-likeness (QED) is 0.771. The van der Waals surface area contributed by atoms with Crippen molar-refractivity contribution in [3.05, 3.63) is 42.1 Å². The predicted molar refractivity (Wildman–Crippen MR) is 83.6 cm³/mol. The minimum Gasteiger partial charge on any atom is -0.332 e. The lowest BCUT2D eigenvalue weighted by atomic mass is 9.77. The van der Waals surface area contributed by atoms with E-state index in [1.54, 1.807) is 17.1 Å². The number of pyridine rings is 1. The molecule has 1 fully saturated rings. The highest BCUT2D eigenvalue weighted by atomic mass is 35.5. The van der Waals surface area contributed by atoms with E-state index >= 15 is 0 Å². The fourth-order valence-corrected chi connectivity index (χ4v) is 2.44. The molecular formula is C14H16ClN7O. The zero-order valence-corrected chi connectivity index (χ0v) is 13.1. The fourth-order valence-electron chi connectivity index (χ4n) is 2.44. The summed E-state index contributed by atoms with van der Waals surface area (Å²) in [6.07, 6.45) is 6.38. The largest absolute Gasteiger partial charge is 0.332 e. The molecule has 1 aliphatic carbocycles. The van der Waals surface area contributed by atoms with Gasteiger partial charge in [0.15, 0.2) is 11.5 Å². The van der Waals surface area contributed by atoms with Crippen LogP contribution in [0.5, 0.6) is 0 Å². The zero-order chi connectivity index (χ0) is 15.0. The maximum atomic E-state index is 6.19. The SMILES string of the molecule is Cl.NC1(c2noc(-c3cn(Cc4ccccn4)nn3)n2)CCC1. The summed E-state index contributed by atoms with van der Waals surface area (Å²) in [7, 11) is 0. The maximum absolute atomic E-state index is 6.19. The first kappa shape index (κ1) is 15.6. The number of rotatable bonds is 4. The van der Waals surface area contributed by atoms with Gasteiger partial charge in [-0.05, 0) is 31.4 Å². The summed E-state index contributed by atoms with van der Waals surface area (Å²) in [5.41, 5.74) is 7.19. The van der Waals surface area contributed by atoms with Crippen molar-refractivity contribution in [3.8, 4) is 11.6 Å². The number of aromatic nitrogens is 6.